The first-order valence-electron chi connectivity index (χ1n) is 9.11. The third-order valence-corrected chi connectivity index (χ3v) is 4.20. The maximum Gasteiger partial charge on any atom is 0.305 e. The topological polar surface area (TPSA) is 26.3 Å². The van der Waals surface area contributed by atoms with Crippen LogP contribution in [0.2, 0.25) is 0 Å². The second-order valence-corrected chi connectivity index (χ2v) is 7.23. The average molecular weight is 299 g/mol. The van der Waals surface area contributed by atoms with Gasteiger partial charge in [0, 0.05) is 6.42 Å². The number of carbonyl (C=O) groups is 1. The van der Waals surface area contributed by atoms with Gasteiger partial charge in [0.2, 0.25) is 0 Å². The first-order valence-corrected chi connectivity index (χ1v) is 9.11. The summed E-state index contributed by atoms with van der Waals surface area (Å²) in [6, 6.07) is 0. The summed E-state index contributed by atoms with van der Waals surface area (Å²) in [5, 5.41) is 0. The Morgan fingerprint density at radius 3 is 1.90 bits per heavy atom. The van der Waals surface area contributed by atoms with Crippen molar-refractivity contribution in [3.8, 4) is 0 Å². The van der Waals surface area contributed by atoms with Gasteiger partial charge in [-0.15, -0.1) is 0 Å². The van der Waals surface area contributed by atoms with Gasteiger partial charge in [-0.2, -0.15) is 0 Å². The van der Waals surface area contributed by atoms with Crippen LogP contribution in [0.4, 0.5) is 0 Å². The number of esters is 1. The van der Waals surface area contributed by atoms with Gasteiger partial charge in [-0.3, -0.25) is 4.79 Å². The van der Waals surface area contributed by atoms with Gasteiger partial charge in [0.25, 0.3) is 0 Å². The molecule has 0 aliphatic carbocycles. The number of hydrogen-bond acceptors (Lipinski definition) is 2. The number of carbonyl (C=O) groups excluding carboxylic acids is 1. The molecule has 0 N–H and O–H groups in total. The van der Waals surface area contributed by atoms with E-state index in [0.29, 0.717) is 18.9 Å². The molecule has 2 unspecified atom stereocenters. The number of ether oxygens (including phenoxy) is 1. The minimum atomic E-state index is -0.0384. The first kappa shape index (κ1) is 20.5. The van der Waals surface area contributed by atoms with E-state index in [0.717, 1.165) is 24.7 Å². The molecule has 0 spiro atoms. The maximum atomic E-state index is 11.3. The predicted octanol–water partition coefficient (Wildman–Crippen LogP) is 5.99. The summed E-state index contributed by atoms with van der Waals surface area (Å²) < 4.78 is 5.22. The van der Waals surface area contributed by atoms with E-state index in [4.69, 9.17) is 4.74 Å². The van der Waals surface area contributed by atoms with Crippen molar-refractivity contribution in [2.75, 3.05) is 6.61 Å². The molecule has 0 amide bonds. The Hall–Kier alpha value is -0.530. The highest BCUT2D eigenvalue weighted by atomic mass is 16.5. The lowest BCUT2D eigenvalue weighted by Gasteiger charge is -2.15. The molecular weight excluding hydrogens is 260 g/mol. The van der Waals surface area contributed by atoms with Crippen LogP contribution < -0.4 is 0 Å². The van der Waals surface area contributed by atoms with E-state index < -0.39 is 0 Å². The Kier molecular flexibility index (Phi) is 12.8. The molecule has 0 saturated carbocycles. The second kappa shape index (κ2) is 13.2. The van der Waals surface area contributed by atoms with Gasteiger partial charge in [0.1, 0.15) is 0 Å². The molecule has 0 radical (unpaired) electrons. The van der Waals surface area contributed by atoms with Crippen LogP contribution in [0.1, 0.15) is 92.4 Å². The zero-order valence-electron chi connectivity index (χ0n) is 15.1. The van der Waals surface area contributed by atoms with Gasteiger partial charge in [-0.25, -0.2) is 0 Å². The summed E-state index contributed by atoms with van der Waals surface area (Å²) in [4.78, 5) is 11.3. The Bertz CT molecular complexity index is 248. The van der Waals surface area contributed by atoms with Crippen LogP contribution in [-0.4, -0.2) is 12.6 Å². The van der Waals surface area contributed by atoms with Crippen molar-refractivity contribution in [2.45, 2.75) is 92.4 Å². The van der Waals surface area contributed by atoms with Crippen molar-refractivity contribution in [1.29, 1.82) is 0 Å². The molecule has 0 saturated heterocycles. The fraction of sp³-hybridized carbons (Fsp3) is 0.947. The molecule has 0 aromatic carbocycles. The van der Waals surface area contributed by atoms with Crippen molar-refractivity contribution in [1.82, 2.24) is 0 Å². The van der Waals surface area contributed by atoms with Gasteiger partial charge in [-0.05, 0) is 30.6 Å². The summed E-state index contributed by atoms with van der Waals surface area (Å²) in [7, 11) is 0. The van der Waals surface area contributed by atoms with Crippen LogP contribution in [0.5, 0.6) is 0 Å². The molecule has 0 fully saturated rings. The molecule has 0 bridgehead atoms. The van der Waals surface area contributed by atoms with E-state index in [1.54, 1.807) is 0 Å². The molecule has 0 aromatic heterocycles. The average Bonchev–Trinajstić information content (AvgIpc) is 2.38. The van der Waals surface area contributed by atoms with Gasteiger partial charge < -0.3 is 4.74 Å². The minimum Gasteiger partial charge on any atom is -0.466 e. The lowest BCUT2D eigenvalue weighted by molar-refractivity contribution is -0.144. The Labute approximate surface area is 133 Å². The molecule has 0 rings (SSSR count). The monoisotopic (exact) mass is 298 g/mol. The van der Waals surface area contributed by atoms with E-state index in [9.17, 15) is 4.79 Å². The molecule has 21 heavy (non-hydrogen) atoms. The van der Waals surface area contributed by atoms with Crippen molar-refractivity contribution < 1.29 is 9.53 Å². The normalized spacial score (nSPS) is 14.2. The molecule has 0 aromatic rings. The van der Waals surface area contributed by atoms with Crippen LogP contribution in [0, 0.1) is 17.8 Å². The van der Waals surface area contributed by atoms with Crippen LogP contribution in [0.25, 0.3) is 0 Å². The lowest BCUT2D eigenvalue weighted by atomic mass is 9.93. The fourth-order valence-corrected chi connectivity index (χ4v) is 2.63. The zero-order chi connectivity index (χ0) is 16.1. The van der Waals surface area contributed by atoms with Gasteiger partial charge in [-0.1, -0.05) is 73.1 Å². The minimum absolute atomic E-state index is 0.0384. The molecular formula is C19H38O2. The molecule has 0 heterocycles. The molecule has 2 atom stereocenters. The largest absolute Gasteiger partial charge is 0.466 e. The van der Waals surface area contributed by atoms with Crippen molar-refractivity contribution in [2.24, 2.45) is 17.8 Å². The standard InChI is InChI=1S/C19H38O2/c1-6-9-19(20)21-15-14-18(5)13-8-12-17(4)11-7-10-16(2)3/h16-18H,6-15H2,1-5H3. The van der Waals surface area contributed by atoms with E-state index in [-0.39, 0.29) is 5.97 Å². The van der Waals surface area contributed by atoms with Crippen molar-refractivity contribution in [3.05, 3.63) is 0 Å². The maximum absolute atomic E-state index is 11.3. The second-order valence-electron chi connectivity index (χ2n) is 7.23. The Balaban J connectivity index is 3.47. The molecule has 2 heteroatoms. The summed E-state index contributed by atoms with van der Waals surface area (Å²) in [6.07, 6.45) is 10.5. The zero-order valence-corrected chi connectivity index (χ0v) is 15.1. The molecule has 0 aliphatic rings. The fourth-order valence-electron chi connectivity index (χ4n) is 2.63. The summed E-state index contributed by atoms with van der Waals surface area (Å²) in [5.41, 5.74) is 0. The molecule has 0 aliphatic heterocycles. The summed E-state index contributed by atoms with van der Waals surface area (Å²) in [5.74, 6) is 2.33. The predicted molar refractivity (Wildman–Crippen MR) is 91.4 cm³/mol. The first-order chi connectivity index (χ1) is 9.95. The van der Waals surface area contributed by atoms with E-state index >= 15 is 0 Å². The highest BCUT2D eigenvalue weighted by Gasteiger charge is 2.07. The Morgan fingerprint density at radius 1 is 0.857 bits per heavy atom. The smallest absolute Gasteiger partial charge is 0.305 e. The van der Waals surface area contributed by atoms with Crippen LogP contribution in [0.15, 0.2) is 0 Å². The van der Waals surface area contributed by atoms with Gasteiger partial charge in [0.15, 0.2) is 0 Å². The summed E-state index contributed by atoms with van der Waals surface area (Å²) in [6.45, 7) is 11.9. The number of hydrogen-bond donors (Lipinski definition) is 0. The highest BCUT2D eigenvalue weighted by molar-refractivity contribution is 5.69. The van der Waals surface area contributed by atoms with E-state index in [2.05, 4.69) is 27.7 Å². The molecule has 2 nitrogen and oxygen atoms in total. The number of rotatable bonds is 13. The quantitative estimate of drug-likeness (QED) is 0.390. The van der Waals surface area contributed by atoms with Crippen molar-refractivity contribution >= 4 is 5.97 Å². The van der Waals surface area contributed by atoms with Crippen LogP contribution in [0.3, 0.4) is 0 Å². The third-order valence-electron chi connectivity index (χ3n) is 4.20. The van der Waals surface area contributed by atoms with Crippen molar-refractivity contribution in [3.63, 3.8) is 0 Å². The highest BCUT2D eigenvalue weighted by Crippen LogP contribution is 2.20. The molecule has 126 valence electrons. The van der Waals surface area contributed by atoms with E-state index in [1.165, 1.54) is 38.5 Å². The lowest BCUT2D eigenvalue weighted by Crippen LogP contribution is -2.08. The Morgan fingerprint density at radius 2 is 1.38 bits per heavy atom. The SMILES string of the molecule is CCCC(=O)OCCC(C)CCCC(C)CCCC(C)C. The van der Waals surface area contributed by atoms with E-state index in [1.807, 2.05) is 6.92 Å². The van der Waals surface area contributed by atoms with Gasteiger partial charge >= 0.3 is 5.97 Å². The van der Waals surface area contributed by atoms with Crippen LogP contribution in [-0.2, 0) is 9.53 Å². The third kappa shape index (κ3) is 14.2. The summed E-state index contributed by atoms with van der Waals surface area (Å²) >= 11 is 0. The van der Waals surface area contributed by atoms with Gasteiger partial charge in [0.05, 0.1) is 6.61 Å². The van der Waals surface area contributed by atoms with Crippen LogP contribution >= 0.6 is 0 Å².